The number of hydrogen-bond donors (Lipinski definition) is 2. The molecule has 1 atom stereocenters. The van der Waals surface area contributed by atoms with Gasteiger partial charge in [0, 0.05) is 20.1 Å². The van der Waals surface area contributed by atoms with Crippen molar-refractivity contribution in [3.05, 3.63) is 34.0 Å². The smallest absolute Gasteiger partial charge is 0.191 e. The maximum Gasteiger partial charge on any atom is 0.191 e. The van der Waals surface area contributed by atoms with Gasteiger partial charge in [-0.05, 0) is 41.7 Å². The number of thiophene rings is 1. The first-order chi connectivity index (χ1) is 11.6. The van der Waals surface area contributed by atoms with Gasteiger partial charge in [0.05, 0.1) is 0 Å². The SMILES string of the molecule is CCCCNC(=NCc1nnc(C)n1C)NCC(C)c1ccsc1. The van der Waals surface area contributed by atoms with Crippen LogP contribution in [0, 0.1) is 6.92 Å². The summed E-state index contributed by atoms with van der Waals surface area (Å²) in [6.45, 7) is 8.66. The van der Waals surface area contributed by atoms with Gasteiger partial charge in [-0.1, -0.05) is 20.3 Å². The maximum atomic E-state index is 4.67. The number of unbranched alkanes of at least 4 members (excludes halogenated alkanes) is 1. The highest BCUT2D eigenvalue weighted by Crippen LogP contribution is 2.16. The third kappa shape index (κ3) is 5.33. The number of nitrogens with one attached hydrogen (secondary N) is 2. The number of rotatable bonds is 8. The number of guanidine groups is 1. The molecular weight excluding hydrogens is 320 g/mol. The molecule has 6 nitrogen and oxygen atoms in total. The van der Waals surface area contributed by atoms with Crippen molar-refractivity contribution in [2.45, 2.75) is 46.1 Å². The molecule has 0 aliphatic heterocycles. The maximum absolute atomic E-state index is 4.67. The zero-order valence-electron chi connectivity index (χ0n) is 15.0. The van der Waals surface area contributed by atoms with E-state index in [1.165, 1.54) is 5.56 Å². The van der Waals surface area contributed by atoms with Crippen LogP contribution < -0.4 is 10.6 Å². The van der Waals surface area contributed by atoms with Crippen molar-refractivity contribution in [1.29, 1.82) is 0 Å². The summed E-state index contributed by atoms with van der Waals surface area (Å²) in [4.78, 5) is 4.67. The molecular formula is C17H28N6S. The van der Waals surface area contributed by atoms with Crippen molar-refractivity contribution >= 4 is 17.3 Å². The van der Waals surface area contributed by atoms with Crippen molar-refractivity contribution in [3.63, 3.8) is 0 Å². The molecule has 0 saturated carbocycles. The minimum atomic E-state index is 0.450. The standard InChI is InChI=1S/C17H28N6S/c1-5-6-8-18-17(19-10-13(2)15-7-9-24-12-15)20-11-16-22-21-14(3)23(16)4/h7,9,12-13H,5-6,8,10-11H2,1-4H3,(H2,18,19,20). The first-order valence-corrected chi connectivity index (χ1v) is 9.45. The molecule has 2 heterocycles. The van der Waals surface area contributed by atoms with Crippen molar-refractivity contribution < 1.29 is 0 Å². The first-order valence-electron chi connectivity index (χ1n) is 8.51. The molecule has 1 unspecified atom stereocenters. The fourth-order valence-corrected chi connectivity index (χ4v) is 3.00. The van der Waals surface area contributed by atoms with E-state index in [2.05, 4.69) is 56.5 Å². The summed E-state index contributed by atoms with van der Waals surface area (Å²) < 4.78 is 1.97. The molecule has 0 aromatic carbocycles. The minimum absolute atomic E-state index is 0.450. The summed E-state index contributed by atoms with van der Waals surface area (Å²) in [5.41, 5.74) is 1.37. The zero-order chi connectivity index (χ0) is 17.4. The number of aliphatic imine (C=N–C) groups is 1. The summed E-state index contributed by atoms with van der Waals surface area (Å²) in [7, 11) is 1.97. The Morgan fingerprint density at radius 3 is 2.83 bits per heavy atom. The lowest BCUT2D eigenvalue weighted by molar-refractivity contribution is 0.679. The number of aryl methyl sites for hydroxylation is 1. The van der Waals surface area contributed by atoms with Crippen LogP contribution in [0.2, 0.25) is 0 Å². The summed E-state index contributed by atoms with van der Waals surface area (Å²) in [6.07, 6.45) is 2.29. The van der Waals surface area contributed by atoms with E-state index in [4.69, 9.17) is 0 Å². The Balaban J connectivity index is 1.95. The van der Waals surface area contributed by atoms with Crippen molar-refractivity contribution in [1.82, 2.24) is 25.4 Å². The number of aromatic nitrogens is 3. The first kappa shape index (κ1) is 18.4. The van der Waals surface area contributed by atoms with E-state index < -0.39 is 0 Å². The summed E-state index contributed by atoms with van der Waals surface area (Å²) >= 11 is 1.74. The Morgan fingerprint density at radius 2 is 2.21 bits per heavy atom. The zero-order valence-corrected chi connectivity index (χ0v) is 15.9. The van der Waals surface area contributed by atoms with E-state index in [1.54, 1.807) is 11.3 Å². The quantitative estimate of drug-likeness (QED) is 0.437. The van der Waals surface area contributed by atoms with E-state index in [0.29, 0.717) is 12.5 Å². The minimum Gasteiger partial charge on any atom is -0.356 e. The van der Waals surface area contributed by atoms with Crippen LogP contribution >= 0.6 is 11.3 Å². The Bertz CT molecular complexity index is 632. The van der Waals surface area contributed by atoms with Gasteiger partial charge in [-0.2, -0.15) is 11.3 Å². The fourth-order valence-electron chi connectivity index (χ4n) is 2.22. The third-order valence-electron chi connectivity index (χ3n) is 4.07. The number of nitrogens with zero attached hydrogens (tertiary/aromatic N) is 4. The third-order valence-corrected chi connectivity index (χ3v) is 4.77. The molecule has 0 aliphatic rings. The van der Waals surface area contributed by atoms with Crippen molar-refractivity contribution in [2.75, 3.05) is 13.1 Å². The van der Waals surface area contributed by atoms with Gasteiger partial charge in [0.2, 0.25) is 0 Å². The molecule has 2 aromatic rings. The topological polar surface area (TPSA) is 67.1 Å². The second kappa shape index (κ2) is 9.42. The van der Waals surface area contributed by atoms with E-state index in [9.17, 15) is 0 Å². The highest BCUT2D eigenvalue weighted by molar-refractivity contribution is 7.07. The predicted molar refractivity (Wildman–Crippen MR) is 101 cm³/mol. The van der Waals surface area contributed by atoms with Crippen LogP contribution in [0.3, 0.4) is 0 Å². The molecule has 132 valence electrons. The molecule has 2 rings (SSSR count). The largest absolute Gasteiger partial charge is 0.356 e. The van der Waals surface area contributed by atoms with E-state index in [-0.39, 0.29) is 0 Å². The molecule has 7 heteroatoms. The summed E-state index contributed by atoms with van der Waals surface area (Å²) in [5, 5.41) is 19.4. The molecule has 0 radical (unpaired) electrons. The molecule has 0 amide bonds. The van der Waals surface area contributed by atoms with Gasteiger partial charge in [0.25, 0.3) is 0 Å². The van der Waals surface area contributed by atoms with Gasteiger partial charge in [0.15, 0.2) is 11.8 Å². The van der Waals surface area contributed by atoms with Gasteiger partial charge in [-0.15, -0.1) is 10.2 Å². The van der Waals surface area contributed by atoms with Crippen LogP contribution in [-0.4, -0.2) is 33.8 Å². The predicted octanol–water partition coefficient (Wildman–Crippen LogP) is 2.82. The molecule has 0 aliphatic carbocycles. The highest BCUT2D eigenvalue weighted by atomic mass is 32.1. The molecule has 0 saturated heterocycles. The average molecular weight is 349 g/mol. The second-order valence-corrected chi connectivity index (χ2v) is 6.79. The van der Waals surface area contributed by atoms with Gasteiger partial charge in [-0.25, -0.2) is 4.99 Å². The Hall–Kier alpha value is -1.89. The monoisotopic (exact) mass is 348 g/mol. The van der Waals surface area contributed by atoms with Gasteiger partial charge >= 0.3 is 0 Å². The van der Waals surface area contributed by atoms with Crippen LogP contribution in [0.25, 0.3) is 0 Å². The molecule has 2 N–H and O–H groups in total. The molecule has 2 aromatic heterocycles. The molecule has 0 spiro atoms. The Labute approximate surface area is 148 Å². The van der Waals surface area contributed by atoms with Crippen molar-refractivity contribution in [3.8, 4) is 0 Å². The fraction of sp³-hybridized carbons (Fsp3) is 0.588. The number of hydrogen-bond acceptors (Lipinski definition) is 4. The van der Waals surface area contributed by atoms with E-state index >= 15 is 0 Å². The van der Waals surface area contributed by atoms with Crippen LogP contribution in [0.5, 0.6) is 0 Å². The van der Waals surface area contributed by atoms with Gasteiger partial charge in [0.1, 0.15) is 12.4 Å². The van der Waals surface area contributed by atoms with Crippen molar-refractivity contribution in [2.24, 2.45) is 12.0 Å². The van der Waals surface area contributed by atoms with E-state index in [0.717, 1.165) is 43.5 Å². The van der Waals surface area contributed by atoms with Crippen LogP contribution in [0.1, 0.15) is 49.8 Å². The molecule has 24 heavy (non-hydrogen) atoms. The molecule has 0 fully saturated rings. The summed E-state index contributed by atoms with van der Waals surface area (Å²) in [6, 6.07) is 2.18. The Kier molecular flexibility index (Phi) is 7.24. The highest BCUT2D eigenvalue weighted by Gasteiger charge is 2.08. The van der Waals surface area contributed by atoms with Crippen LogP contribution in [0.15, 0.2) is 21.8 Å². The van der Waals surface area contributed by atoms with Crippen LogP contribution in [0.4, 0.5) is 0 Å². The van der Waals surface area contributed by atoms with E-state index in [1.807, 2.05) is 18.5 Å². The van der Waals surface area contributed by atoms with Gasteiger partial charge < -0.3 is 15.2 Å². The normalized spacial score (nSPS) is 13.1. The Morgan fingerprint density at radius 1 is 1.38 bits per heavy atom. The molecule has 0 bridgehead atoms. The summed E-state index contributed by atoms with van der Waals surface area (Å²) in [5.74, 6) is 3.06. The lowest BCUT2D eigenvalue weighted by Crippen LogP contribution is -2.39. The lowest BCUT2D eigenvalue weighted by atomic mass is 10.1. The second-order valence-electron chi connectivity index (χ2n) is 6.01. The lowest BCUT2D eigenvalue weighted by Gasteiger charge is -2.16. The van der Waals surface area contributed by atoms with Gasteiger partial charge in [-0.3, -0.25) is 0 Å². The van der Waals surface area contributed by atoms with Crippen LogP contribution in [-0.2, 0) is 13.6 Å². The average Bonchev–Trinajstić information content (AvgIpc) is 3.22.